The van der Waals surface area contributed by atoms with Crippen molar-refractivity contribution in [2.45, 2.75) is 89.7 Å². The van der Waals surface area contributed by atoms with Crippen molar-refractivity contribution >= 4 is 29.7 Å². The van der Waals surface area contributed by atoms with Gasteiger partial charge < -0.3 is 51.0 Å². The van der Waals surface area contributed by atoms with Gasteiger partial charge in [-0.15, -0.1) is 0 Å². The van der Waals surface area contributed by atoms with Gasteiger partial charge in [0.25, 0.3) is 0 Å². The van der Waals surface area contributed by atoms with Crippen molar-refractivity contribution in [2.75, 3.05) is 13.2 Å². The summed E-state index contributed by atoms with van der Waals surface area (Å²) in [5, 5.41) is 43.9. The number of aliphatic hydroxyl groups is 3. The molecule has 0 aromatic heterocycles. The molecule has 1 saturated heterocycles. The zero-order valence-corrected chi connectivity index (χ0v) is 21.9. The number of carboxylic acids is 1. The molecule has 0 aromatic carbocycles. The van der Waals surface area contributed by atoms with Gasteiger partial charge in [-0.3, -0.25) is 19.2 Å². The molecule has 0 unspecified atom stereocenters. The van der Waals surface area contributed by atoms with Crippen molar-refractivity contribution in [1.82, 2.24) is 10.6 Å². The number of hydrogen-bond donors (Lipinski definition) is 7. The van der Waals surface area contributed by atoms with E-state index in [9.17, 15) is 39.3 Å². The van der Waals surface area contributed by atoms with E-state index in [-0.39, 0.29) is 25.4 Å². The van der Waals surface area contributed by atoms with E-state index < -0.39 is 91.4 Å². The average Bonchev–Trinajstić information content (AvgIpc) is 2.83. The molecular formula is C23H39N3O12. The van der Waals surface area contributed by atoms with Crippen molar-refractivity contribution in [3.8, 4) is 0 Å². The molecule has 1 aliphatic rings. The molecule has 0 saturated carbocycles. The lowest BCUT2D eigenvalue weighted by molar-refractivity contribution is -0.265. The molecule has 1 heterocycles. The maximum Gasteiger partial charge on any atom is 0.407 e. The first-order chi connectivity index (χ1) is 17.7. The summed E-state index contributed by atoms with van der Waals surface area (Å²) in [4.78, 5) is 59.7. The number of ether oxygens (including phenoxy) is 3. The quantitative estimate of drug-likeness (QED) is 0.117. The lowest BCUT2D eigenvalue weighted by Crippen LogP contribution is -2.65. The predicted octanol–water partition coefficient (Wildman–Crippen LogP) is -1.99. The highest BCUT2D eigenvalue weighted by Gasteiger charge is 2.47. The van der Waals surface area contributed by atoms with Crippen LogP contribution in [-0.2, 0) is 33.4 Å². The number of nitrogens with one attached hydrogen (secondary N) is 2. The van der Waals surface area contributed by atoms with Crippen LogP contribution in [0.25, 0.3) is 0 Å². The zero-order chi connectivity index (χ0) is 29.2. The minimum atomic E-state index is -1.71. The van der Waals surface area contributed by atoms with E-state index in [1.165, 1.54) is 13.8 Å². The Balaban J connectivity index is 2.86. The molecule has 0 aromatic rings. The summed E-state index contributed by atoms with van der Waals surface area (Å²) in [5.74, 6) is -4.35. The second kappa shape index (κ2) is 15.5. The van der Waals surface area contributed by atoms with Gasteiger partial charge in [-0.1, -0.05) is 20.8 Å². The van der Waals surface area contributed by atoms with E-state index in [1.54, 1.807) is 0 Å². The Morgan fingerprint density at radius 2 is 1.71 bits per heavy atom. The number of carbonyl (C=O) groups is 5. The molecule has 0 spiro atoms. The van der Waals surface area contributed by atoms with Gasteiger partial charge in [-0.05, 0) is 19.3 Å². The van der Waals surface area contributed by atoms with Gasteiger partial charge in [0.1, 0.15) is 36.5 Å². The van der Waals surface area contributed by atoms with Gasteiger partial charge in [0.2, 0.25) is 11.8 Å². The smallest absolute Gasteiger partial charge is 0.407 e. The van der Waals surface area contributed by atoms with Gasteiger partial charge in [0, 0.05) is 18.8 Å². The van der Waals surface area contributed by atoms with Crippen LogP contribution in [0.5, 0.6) is 0 Å². The van der Waals surface area contributed by atoms with Crippen LogP contribution in [0, 0.1) is 11.8 Å². The molecule has 15 heteroatoms. The Hall–Kier alpha value is -2.85. The molecule has 8 atom stereocenters. The van der Waals surface area contributed by atoms with Gasteiger partial charge in [0.05, 0.1) is 13.2 Å². The fourth-order valence-electron chi connectivity index (χ4n) is 3.56. The maximum atomic E-state index is 12.8. The molecule has 0 bridgehead atoms. The van der Waals surface area contributed by atoms with Crippen molar-refractivity contribution < 1.29 is 58.6 Å². The summed E-state index contributed by atoms with van der Waals surface area (Å²) >= 11 is 0. The number of ketones is 1. The fraction of sp³-hybridized carbons (Fsp3) is 0.783. The molecule has 1 rings (SSSR count). The van der Waals surface area contributed by atoms with E-state index in [4.69, 9.17) is 25.1 Å². The number of alkyl carbamates (subject to hydrolysis) is 1. The SMILES string of the molecule is CC(C)COC(=O)N[C@@H]1[C@@H](O[C@H](C)C(=O)C[C@@H](C)C(=O)N[C@H](CCC(=O)O)C(N)=O)[C@H](O)[C@@H](CO)O[C@@H]1O. The van der Waals surface area contributed by atoms with Crippen LogP contribution >= 0.6 is 0 Å². The minimum Gasteiger partial charge on any atom is -0.481 e. The van der Waals surface area contributed by atoms with Crippen molar-refractivity contribution in [3.05, 3.63) is 0 Å². The number of carbonyl (C=O) groups excluding carboxylic acids is 4. The maximum absolute atomic E-state index is 12.8. The molecule has 38 heavy (non-hydrogen) atoms. The highest BCUT2D eigenvalue weighted by molar-refractivity contribution is 5.91. The number of primary amides is 1. The molecule has 218 valence electrons. The summed E-state index contributed by atoms with van der Waals surface area (Å²) in [6, 6.07) is -2.60. The normalized spacial score (nSPS) is 25.6. The van der Waals surface area contributed by atoms with Crippen molar-refractivity contribution in [3.63, 3.8) is 0 Å². The molecule has 1 aliphatic heterocycles. The number of amides is 3. The summed E-state index contributed by atoms with van der Waals surface area (Å²) in [5.41, 5.74) is 5.21. The molecule has 1 fully saturated rings. The number of aliphatic hydroxyl groups excluding tert-OH is 3. The fourth-order valence-corrected chi connectivity index (χ4v) is 3.56. The average molecular weight is 550 g/mol. The highest BCUT2D eigenvalue weighted by atomic mass is 16.6. The topological polar surface area (TPSA) is 244 Å². The monoisotopic (exact) mass is 549 g/mol. The van der Waals surface area contributed by atoms with Crippen LogP contribution in [0.3, 0.4) is 0 Å². The van der Waals surface area contributed by atoms with Gasteiger partial charge >= 0.3 is 12.1 Å². The van der Waals surface area contributed by atoms with Crippen LogP contribution < -0.4 is 16.4 Å². The minimum absolute atomic E-state index is 0.0249. The second-order valence-electron chi connectivity index (χ2n) is 9.61. The van der Waals surface area contributed by atoms with Crippen LogP contribution in [0.15, 0.2) is 0 Å². The number of hydrogen-bond acceptors (Lipinski definition) is 11. The van der Waals surface area contributed by atoms with E-state index in [1.807, 2.05) is 13.8 Å². The van der Waals surface area contributed by atoms with Crippen LogP contribution in [0.4, 0.5) is 4.79 Å². The van der Waals surface area contributed by atoms with Crippen molar-refractivity contribution in [1.29, 1.82) is 0 Å². The summed E-state index contributed by atoms with van der Waals surface area (Å²) in [6.45, 7) is 5.75. The summed E-state index contributed by atoms with van der Waals surface area (Å²) in [7, 11) is 0. The Kier molecular flexibility index (Phi) is 13.6. The number of rotatable bonds is 15. The predicted molar refractivity (Wildman–Crippen MR) is 128 cm³/mol. The Labute approximate surface area is 220 Å². The lowest BCUT2D eigenvalue weighted by Gasteiger charge is -2.43. The molecule has 3 amide bonds. The molecule has 8 N–H and O–H groups in total. The van der Waals surface area contributed by atoms with Crippen LogP contribution in [0.1, 0.15) is 47.0 Å². The van der Waals surface area contributed by atoms with Gasteiger partial charge in [-0.25, -0.2) is 4.79 Å². The number of nitrogens with two attached hydrogens (primary N) is 1. The first-order valence-electron chi connectivity index (χ1n) is 12.2. The molecule has 15 nitrogen and oxygen atoms in total. The van der Waals surface area contributed by atoms with E-state index >= 15 is 0 Å². The summed E-state index contributed by atoms with van der Waals surface area (Å²) < 4.78 is 15.8. The third kappa shape index (κ3) is 10.5. The molecular weight excluding hydrogens is 510 g/mol. The van der Waals surface area contributed by atoms with Gasteiger partial charge in [0.15, 0.2) is 12.1 Å². The standard InChI is InChI=1S/C23H39N3O12/c1-10(2)9-36-23(35)26-17-19(18(31)15(8-27)38-22(17)34)37-12(4)14(28)7-11(3)21(33)25-13(20(24)32)5-6-16(29)30/h10-13,15,17-19,22,27,31,34H,5-9H2,1-4H3,(H2,24,32)(H,25,33)(H,26,35)(H,29,30)/t11-,12-,13-,15-,17-,18-,19-,22+/m1/s1. The largest absolute Gasteiger partial charge is 0.481 e. The van der Waals surface area contributed by atoms with E-state index in [0.717, 1.165) is 0 Å². The lowest BCUT2D eigenvalue weighted by atomic mass is 9.95. The third-order valence-electron chi connectivity index (χ3n) is 5.78. The van der Waals surface area contributed by atoms with E-state index in [2.05, 4.69) is 10.6 Å². The molecule has 0 aliphatic carbocycles. The first-order valence-corrected chi connectivity index (χ1v) is 12.2. The summed E-state index contributed by atoms with van der Waals surface area (Å²) in [6.07, 6.45) is -9.10. The number of aliphatic carboxylic acids is 1. The van der Waals surface area contributed by atoms with Crippen molar-refractivity contribution in [2.24, 2.45) is 17.6 Å². The Morgan fingerprint density at radius 3 is 2.24 bits per heavy atom. The molecule has 0 radical (unpaired) electrons. The zero-order valence-electron chi connectivity index (χ0n) is 21.9. The highest BCUT2D eigenvalue weighted by Crippen LogP contribution is 2.24. The third-order valence-corrected chi connectivity index (χ3v) is 5.78. The Bertz CT molecular complexity index is 838. The second-order valence-corrected chi connectivity index (χ2v) is 9.61. The number of Topliss-reactive ketones (excluding diaryl/α,β-unsaturated/α-hetero) is 1. The Morgan fingerprint density at radius 1 is 1.08 bits per heavy atom. The van der Waals surface area contributed by atoms with Crippen LogP contribution in [0.2, 0.25) is 0 Å². The van der Waals surface area contributed by atoms with Gasteiger partial charge in [-0.2, -0.15) is 0 Å². The van der Waals surface area contributed by atoms with E-state index in [0.29, 0.717) is 0 Å². The first kappa shape index (κ1) is 33.2. The van der Waals surface area contributed by atoms with Crippen LogP contribution in [-0.4, -0.2) is 106 Å². The number of carboxylic acid groups (broad SMARTS) is 1.